The van der Waals surface area contributed by atoms with Gasteiger partial charge in [-0.2, -0.15) is 0 Å². The highest BCUT2D eigenvalue weighted by molar-refractivity contribution is 9.10. The van der Waals surface area contributed by atoms with E-state index in [2.05, 4.69) is 59.8 Å². The third-order valence-corrected chi connectivity index (χ3v) is 4.17. The molecule has 3 unspecified atom stereocenters. The quantitative estimate of drug-likeness (QED) is 0.924. The van der Waals surface area contributed by atoms with Gasteiger partial charge in [0.1, 0.15) is 0 Å². The molecule has 0 aromatic heterocycles. The Balaban J connectivity index is 2.31. The second-order valence-electron chi connectivity index (χ2n) is 5.80. The maximum Gasteiger partial charge on any atom is 0.0402 e. The molecular formula is C15H23BrN2. The van der Waals surface area contributed by atoms with Crippen LogP contribution in [0.3, 0.4) is 0 Å². The number of nitrogens with zero attached hydrogens (tertiary/aromatic N) is 1. The summed E-state index contributed by atoms with van der Waals surface area (Å²) in [5, 5.41) is 0. The topological polar surface area (TPSA) is 29.3 Å². The van der Waals surface area contributed by atoms with E-state index in [9.17, 15) is 0 Å². The molecule has 0 aliphatic carbocycles. The van der Waals surface area contributed by atoms with Crippen LogP contribution in [0.1, 0.15) is 32.8 Å². The first-order valence-corrected chi connectivity index (χ1v) is 7.57. The number of rotatable bonds is 3. The van der Waals surface area contributed by atoms with Crippen molar-refractivity contribution >= 4 is 21.6 Å². The van der Waals surface area contributed by atoms with Gasteiger partial charge in [0.05, 0.1) is 0 Å². The monoisotopic (exact) mass is 310 g/mol. The minimum absolute atomic E-state index is 0.202. The van der Waals surface area contributed by atoms with Crippen LogP contribution in [-0.4, -0.2) is 18.6 Å². The number of hydrogen-bond donors (Lipinski definition) is 1. The zero-order valence-electron chi connectivity index (χ0n) is 11.5. The van der Waals surface area contributed by atoms with E-state index in [1.54, 1.807) is 0 Å². The van der Waals surface area contributed by atoms with Gasteiger partial charge in [-0.25, -0.2) is 0 Å². The number of benzene rings is 1. The van der Waals surface area contributed by atoms with Crippen LogP contribution in [0, 0.1) is 5.92 Å². The maximum atomic E-state index is 5.97. The third-order valence-electron chi connectivity index (χ3n) is 3.68. The van der Waals surface area contributed by atoms with Gasteiger partial charge in [0.25, 0.3) is 0 Å². The molecule has 1 aliphatic rings. The Bertz CT molecular complexity index is 417. The van der Waals surface area contributed by atoms with E-state index in [0.29, 0.717) is 6.04 Å². The number of hydrogen-bond acceptors (Lipinski definition) is 2. The molecule has 0 bridgehead atoms. The average Bonchev–Trinajstić information content (AvgIpc) is 2.57. The van der Waals surface area contributed by atoms with E-state index in [1.165, 1.54) is 17.7 Å². The van der Waals surface area contributed by atoms with Crippen molar-refractivity contribution in [3.8, 4) is 0 Å². The number of nitrogens with two attached hydrogens (primary N) is 1. The molecule has 2 rings (SSSR count). The van der Waals surface area contributed by atoms with Crippen molar-refractivity contribution < 1.29 is 0 Å². The molecule has 1 aromatic rings. The van der Waals surface area contributed by atoms with Crippen LogP contribution in [0.2, 0.25) is 0 Å². The summed E-state index contributed by atoms with van der Waals surface area (Å²) < 4.78 is 1.14. The van der Waals surface area contributed by atoms with Crippen molar-refractivity contribution in [3.63, 3.8) is 0 Å². The first-order chi connectivity index (χ1) is 8.47. The predicted octanol–water partition coefficient (Wildman–Crippen LogP) is 3.57. The molecule has 3 atom stereocenters. The third kappa shape index (κ3) is 3.07. The lowest BCUT2D eigenvalue weighted by molar-refractivity contribution is 0.625. The molecule has 0 saturated carbocycles. The van der Waals surface area contributed by atoms with Gasteiger partial charge in [-0.15, -0.1) is 0 Å². The molecule has 3 heteroatoms. The van der Waals surface area contributed by atoms with Crippen molar-refractivity contribution in [2.45, 2.75) is 45.7 Å². The number of halogens is 1. The molecule has 1 heterocycles. The van der Waals surface area contributed by atoms with Gasteiger partial charge >= 0.3 is 0 Å². The van der Waals surface area contributed by atoms with E-state index < -0.39 is 0 Å². The van der Waals surface area contributed by atoms with Gasteiger partial charge in [0.2, 0.25) is 0 Å². The van der Waals surface area contributed by atoms with Crippen LogP contribution in [0.5, 0.6) is 0 Å². The normalized spacial score (nSPS) is 25.5. The second kappa shape index (κ2) is 5.62. The van der Waals surface area contributed by atoms with Crippen molar-refractivity contribution in [1.82, 2.24) is 0 Å². The van der Waals surface area contributed by atoms with Gasteiger partial charge in [-0.3, -0.25) is 0 Å². The van der Waals surface area contributed by atoms with Crippen molar-refractivity contribution in [2.75, 3.05) is 11.4 Å². The predicted molar refractivity (Wildman–Crippen MR) is 82.1 cm³/mol. The Hall–Kier alpha value is -0.540. The van der Waals surface area contributed by atoms with Crippen molar-refractivity contribution in [1.29, 1.82) is 0 Å². The molecule has 0 amide bonds. The van der Waals surface area contributed by atoms with Crippen LogP contribution in [0.15, 0.2) is 22.7 Å². The highest BCUT2D eigenvalue weighted by Gasteiger charge is 2.27. The fraction of sp³-hybridized carbons (Fsp3) is 0.600. The fourth-order valence-corrected chi connectivity index (χ4v) is 3.39. The molecule has 0 radical (unpaired) electrons. The Morgan fingerprint density at radius 1 is 1.44 bits per heavy atom. The van der Waals surface area contributed by atoms with E-state index in [0.717, 1.165) is 23.4 Å². The first-order valence-electron chi connectivity index (χ1n) is 6.78. The second-order valence-corrected chi connectivity index (χ2v) is 6.71. The molecular weight excluding hydrogens is 288 g/mol. The summed E-state index contributed by atoms with van der Waals surface area (Å²) in [5.41, 5.74) is 8.70. The minimum Gasteiger partial charge on any atom is -0.368 e. The molecule has 0 spiro atoms. The highest BCUT2D eigenvalue weighted by atomic mass is 79.9. The van der Waals surface area contributed by atoms with Crippen LogP contribution < -0.4 is 10.6 Å². The van der Waals surface area contributed by atoms with Gasteiger partial charge in [-0.05, 0) is 56.4 Å². The maximum absolute atomic E-state index is 5.97. The van der Waals surface area contributed by atoms with Crippen LogP contribution in [0.4, 0.5) is 5.69 Å². The molecule has 18 heavy (non-hydrogen) atoms. The first kappa shape index (κ1) is 13.9. The Labute approximate surface area is 119 Å². The zero-order valence-corrected chi connectivity index (χ0v) is 13.1. The van der Waals surface area contributed by atoms with E-state index in [4.69, 9.17) is 5.73 Å². The van der Waals surface area contributed by atoms with Crippen molar-refractivity contribution in [3.05, 3.63) is 28.2 Å². The zero-order chi connectivity index (χ0) is 13.3. The minimum atomic E-state index is 0.202. The fourth-order valence-electron chi connectivity index (χ4n) is 2.98. The summed E-state index contributed by atoms with van der Waals surface area (Å²) >= 11 is 3.56. The Kier molecular flexibility index (Phi) is 4.33. The summed E-state index contributed by atoms with van der Waals surface area (Å²) in [4.78, 5) is 2.54. The lowest BCUT2D eigenvalue weighted by atomic mass is 10.0. The highest BCUT2D eigenvalue weighted by Crippen LogP contribution is 2.33. The van der Waals surface area contributed by atoms with Crippen LogP contribution in [-0.2, 0) is 6.42 Å². The van der Waals surface area contributed by atoms with Crippen LogP contribution in [0.25, 0.3) is 0 Å². The molecule has 1 aromatic carbocycles. The lowest BCUT2D eigenvalue weighted by Crippen LogP contribution is -2.29. The number of anilines is 1. The molecule has 1 aliphatic heterocycles. The summed E-state index contributed by atoms with van der Waals surface area (Å²) in [6, 6.07) is 7.42. The standard InChI is InChI=1S/C15H23BrN2/c1-10-6-12(3)18(9-10)15-5-4-14(16)8-13(15)7-11(2)17/h4-5,8,10-12H,6-7,9,17H2,1-3H3. The van der Waals surface area contributed by atoms with E-state index in [-0.39, 0.29) is 6.04 Å². The summed E-state index contributed by atoms with van der Waals surface area (Å²) in [7, 11) is 0. The molecule has 1 fully saturated rings. The average molecular weight is 311 g/mol. The molecule has 2 N–H and O–H groups in total. The molecule has 1 saturated heterocycles. The van der Waals surface area contributed by atoms with E-state index in [1.807, 2.05) is 0 Å². The Morgan fingerprint density at radius 3 is 2.72 bits per heavy atom. The Morgan fingerprint density at radius 2 is 2.17 bits per heavy atom. The van der Waals surface area contributed by atoms with E-state index >= 15 is 0 Å². The van der Waals surface area contributed by atoms with Gasteiger partial charge in [0.15, 0.2) is 0 Å². The molecule has 2 nitrogen and oxygen atoms in total. The summed E-state index contributed by atoms with van der Waals surface area (Å²) in [6.07, 6.45) is 2.22. The van der Waals surface area contributed by atoms with Gasteiger partial charge < -0.3 is 10.6 Å². The SMILES string of the molecule is CC(N)Cc1cc(Br)ccc1N1CC(C)CC1C. The smallest absolute Gasteiger partial charge is 0.0402 e. The van der Waals surface area contributed by atoms with Crippen molar-refractivity contribution in [2.24, 2.45) is 11.7 Å². The summed E-state index contributed by atoms with van der Waals surface area (Å²) in [5.74, 6) is 0.784. The summed E-state index contributed by atoms with van der Waals surface area (Å²) in [6.45, 7) is 7.89. The lowest BCUT2D eigenvalue weighted by Gasteiger charge is -2.27. The largest absolute Gasteiger partial charge is 0.368 e. The molecule has 100 valence electrons. The van der Waals surface area contributed by atoms with Gasteiger partial charge in [0, 0.05) is 28.8 Å². The van der Waals surface area contributed by atoms with Gasteiger partial charge in [-0.1, -0.05) is 22.9 Å². The van der Waals surface area contributed by atoms with Crippen LogP contribution >= 0.6 is 15.9 Å².